The summed E-state index contributed by atoms with van der Waals surface area (Å²) in [6, 6.07) is 83.9. The van der Waals surface area contributed by atoms with Gasteiger partial charge in [-0.05, 0) is 133 Å². The monoisotopic (exact) mass is 868 g/mol. The van der Waals surface area contributed by atoms with E-state index in [-0.39, 0.29) is 0 Å². The molecule has 0 spiro atoms. The number of aromatic nitrogens is 1. The molecule has 14 rings (SSSR count). The Bertz CT molecular complexity index is 3960. The molecule has 0 unspecified atom stereocenters. The van der Waals surface area contributed by atoms with Crippen molar-refractivity contribution in [3.05, 3.63) is 230 Å². The Morgan fingerprint density at radius 2 is 1.06 bits per heavy atom. The maximum atomic E-state index is 2.58. The Balaban J connectivity index is 0.969. The van der Waals surface area contributed by atoms with Gasteiger partial charge < -0.3 is 9.47 Å². The van der Waals surface area contributed by atoms with Gasteiger partial charge >= 0.3 is 0 Å². The van der Waals surface area contributed by atoms with Crippen molar-refractivity contribution in [1.29, 1.82) is 0 Å². The molecule has 0 amide bonds. The second-order valence-corrected chi connectivity index (χ2v) is 19.0. The largest absolute Gasteiger partial charge is 0.309 e. The molecular weight excluding hydrogens is 821 g/mol. The number of benzene rings is 11. The maximum Gasteiger partial charge on any atom is 0.0626 e. The lowest BCUT2D eigenvalue weighted by Gasteiger charge is -2.27. The topological polar surface area (TPSA) is 8.17 Å². The molecule has 0 aliphatic heterocycles. The van der Waals surface area contributed by atoms with Gasteiger partial charge in [-0.15, -0.1) is 0 Å². The van der Waals surface area contributed by atoms with Gasteiger partial charge in [-0.2, -0.15) is 0 Å². The van der Waals surface area contributed by atoms with Crippen molar-refractivity contribution in [3.63, 3.8) is 0 Å². The summed E-state index contributed by atoms with van der Waals surface area (Å²) in [6.07, 6.45) is 6.47. The van der Waals surface area contributed by atoms with Crippen molar-refractivity contribution in [3.8, 4) is 50.2 Å². The van der Waals surface area contributed by atoms with Gasteiger partial charge in [0.2, 0.25) is 0 Å². The first-order valence-corrected chi connectivity index (χ1v) is 24.5. The second-order valence-electron chi connectivity index (χ2n) is 19.0. The fourth-order valence-electron chi connectivity index (χ4n) is 12.1. The Kier molecular flexibility index (Phi) is 9.02. The lowest BCUT2D eigenvalue weighted by Crippen LogP contribution is -2.09. The molecule has 3 aliphatic rings. The fourth-order valence-corrected chi connectivity index (χ4v) is 12.1. The summed E-state index contributed by atoms with van der Waals surface area (Å²) in [7, 11) is 0. The van der Waals surface area contributed by atoms with Gasteiger partial charge in [0.1, 0.15) is 0 Å². The maximum absolute atomic E-state index is 2.58. The van der Waals surface area contributed by atoms with Crippen LogP contribution in [0.3, 0.4) is 0 Å². The number of nitrogens with zero attached hydrogens (tertiary/aromatic N) is 2. The molecule has 0 atom stereocenters. The minimum atomic E-state index is 0.580. The van der Waals surface area contributed by atoms with Crippen LogP contribution in [-0.2, 0) is 0 Å². The number of anilines is 3. The van der Waals surface area contributed by atoms with E-state index in [9.17, 15) is 0 Å². The molecule has 0 N–H and O–H groups in total. The van der Waals surface area contributed by atoms with Crippen molar-refractivity contribution in [1.82, 2.24) is 4.57 Å². The molecule has 0 radical (unpaired) electrons. The first-order chi connectivity index (χ1) is 33.8. The van der Waals surface area contributed by atoms with Crippen molar-refractivity contribution in [2.75, 3.05) is 4.90 Å². The van der Waals surface area contributed by atoms with Crippen LogP contribution in [0, 0.1) is 0 Å². The molecule has 1 fully saturated rings. The minimum absolute atomic E-state index is 0.580. The predicted octanol–water partition coefficient (Wildman–Crippen LogP) is 18.7. The molecule has 1 heterocycles. The Hall–Kier alpha value is -8.20. The van der Waals surface area contributed by atoms with Gasteiger partial charge in [0.15, 0.2) is 0 Å². The Morgan fingerprint density at radius 3 is 1.97 bits per heavy atom. The highest BCUT2D eigenvalue weighted by molar-refractivity contribution is 6.21. The summed E-state index contributed by atoms with van der Waals surface area (Å²) in [5.74, 6) is 0.580. The molecule has 2 nitrogen and oxygen atoms in total. The molecule has 1 saturated carbocycles. The van der Waals surface area contributed by atoms with E-state index >= 15 is 0 Å². The third-order valence-electron chi connectivity index (χ3n) is 15.2. The summed E-state index contributed by atoms with van der Waals surface area (Å²) < 4.78 is 2.40. The minimum Gasteiger partial charge on any atom is -0.309 e. The van der Waals surface area contributed by atoms with Crippen LogP contribution in [0.5, 0.6) is 0 Å². The van der Waals surface area contributed by atoms with E-state index in [1.165, 1.54) is 153 Å². The van der Waals surface area contributed by atoms with Crippen LogP contribution in [0.25, 0.3) is 104 Å². The second kappa shape index (κ2) is 15.7. The van der Waals surface area contributed by atoms with E-state index in [0.29, 0.717) is 5.92 Å². The highest BCUT2D eigenvalue weighted by atomic mass is 15.2. The molecule has 0 bridgehead atoms. The van der Waals surface area contributed by atoms with Crippen LogP contribution < -0.4 is 4.90 Å². The number of fused-ring (bicyclic) bond motifs is 8. The lowest BCUT2D eigenvalue weighted by atomic mass is 9.80. The van der Waals surface area contributed by atoms with E-state index in [0.717, 1.165) is 5.69 Å². The van der Waals surface area contributed by atoms with Gasteiger partial charge in [-0.3, -0.25) is 0 Å². The van der Waals surface area contributed by atoms with Crippen molar-refractivity contribution in [2.45, 2.75) is 38.0 Å². The van der Waals surface area contributed by atoms with Gasteiger partial charge in [0.25, 0.3) is 0 Å². The summed E-state index contributed by atoms with van der Waals surface area (Å²) >= 11 is 0. The molecule has 1 aromatic heterocycles. The average Bonchev–Trinajstić information content (AvgIpc) is 3.75. The third-order valence-corrected chi connectivity index (χ3v) is 15.2. The zero-order valence-corrected chi connectivity index (χ0v) is 37.9. The van der Waals surface area contributed by atoms with Gasteiger partial charge in [-0.25, -0.2) is 0 Å². The summed E-state index contributed by atoms with van der Waals surface area (Å²) in [5, 5.41) is 10.4. The molecule has 10 aromatic carbocycles. The molecule has 11 aromatic rings. The SMILES string of the molecule is c1ccc(-n2c3ccccc3c3cc(-c4cccc(N(c5ccccc5-c5cccc6cccc(C7CCCCC7)c56)c5c6ccc(-c7cccc8c7ccc7ccccc78)c5-6)c4)ccc32)cc1. The van der Waals surface area contributed by atoms with Crippen LogP contribution >= 0.6 is 0 Å². The zero-order valence-electron chi connectivity index (χ0n) is 37.9. The molecule has 0 saturated heterocycles. The molecule has 3 aliphatic carbocycles. The van der Waals surface area contributed by atoms with Crippen LogP contribution in [-0.4, -0.2) is 4.57 Å². The van der Waals surface area contributed by atoms with Crippen LogP contribution in [0.15, 0.2) is 224 Å². The number of rotatable bonds is 8. The summed E-state index contributed by atoms with van der Waals surface area (Å²) in [4.78, 5) is 2.58. The highest BCUT2D eigenvalue weighted by Gasteiger charge is 2.36. The summed E-state index contributed by atoms with van der Waals surface area (Å²) in [6.45, 7) is 0. The molecule has 2 heteroatoms. The van der Waals surface area contributed by atoms with Crippen LogP contribution in [0.2, 0.25) is 0 Å². The van der Waals surface area contributed by atoms with E-state index in [4.69, 9.17) is 0 Å². The van der Waals surface area contributed by atoms with Crippen LogP contribution in [0.4, 0.5) is 17.1 Å². The average molecular weight is 869 g/mol. The molecule has 68 heavy (non-hydrogen) atoms. The number of hydrogen-bond acceptors (Lipinski definition) is 1. The quantitative estimate of drug-likeness (QED) is 0.138. The van der Waals surface area contributed by atoms with Crippen molar-refractivity contribution >= 4 is 71.2 Å². The fraction of sp³-hybridized carbons (Fsp3) is 0.0909. The molecular formula is C66H48N2. The molecule has 322 valence electrons. The number of para-hydroxylation sites is 3. The van der Waals surface area contributed by atoms with Crippen molar-refractivity contribution < 1.29 is 0 Å². The number of hydrogen-bond donors (Lipinski definition) is 0. The van der Waals surface area contributed by atoms with E-state index < -0.39 is 0 Å². The standard InChI is InChI=1S/C66H48N2/c1-3-17-43(18-4-1)51-29-14-20-45-21-15-32-57(64(45)51)55-27-9-12-34-62(55)68(66-59-39-38-58(65(59)66)53-31-16-30-52-50-26-8-7-19-44(50)35-37-54(52)53)49-25-13-22-46(41-49)47-36-40-63-60(42-47)56-28-10-11-33-61(56)67(63)48-23-5-2-6-24-48/h2,5-16,19-43H,1,3-4,17-18H2. The smallest absolute Gasteiger partial charge is 0.0626 e. The zero-order chi connectivity index (χ0) is 44.7. The Labute approximate surface area is 397 Å². The van der Waals surface area contributed by atoms with Gasteiger partial charge in [-0.1, -0.05) is 195 Å². The van der Waals surface area contributed by atoms with E-state index in [1.54, 1.807) is 0 Å². The lowest BCUT2D eigenvalue weighted by molar-refractivity contribution is 0.445. The van der Waals surface area contributed by atoms with E-state index in [1.807, 2.05) is 0 Å². The van der Waals surface area contributed by atoms with Gasteiger partial charge in [0, 0.05) is 38.8 Å². The Morgan fingerprint density at radius 1 is 0.382 bits per heavy atom. The highest BCUT2D eigenvalue weighted by Crippen LogP contribution is 2.62. The van der Waals surface area contributed by atoms with Crippen molar-refractivity contribution in [2.24, 2.45) is 0 Å². The van der Waals surface area contributed by atoms with Gasteiger partial charge in [0.05, 0.1) is 22.4 Å². The van der Waals surface area contributed by atoms with E-state index in [2.05, 4.69) is 234 Å². The predicted molar refractivity (Wildman–Crippen MR) is 289 cm³/mol. The third kappa shape index (κ3) is 6.17. The first-order valence-electron chi connectivity index (χ1n) is 24.5. The normalized spacial score (nSPS) is 13.5. The summed E-state index contributed by atoms with van der Waals surface area (Å²) in [5.41, 5.74) is 18.9. The van der Waals surface area contributed by atoms with Crippen LogP contribution in [0.1, 0.15) is 43.6 Å². The first kappa shape index (κ1) is 39.0.